The molecule has 0 aliphatic carbocycles. The van der Waals surface area contributed by atoms with Crippen molar-refractivity contribution in [3.63, 3.8) is 0 Å². The van der Waals surface area contributed by atoms with E-state index in [0.717, 1.165) is 24.5 Å². The number of hydrogen-bond acceptors (Lipinski definition) is 4. The zero-order valence-electron chi connectivity index (χ0n) is 15.5. The number of hydrogen-bond donors (Lipinski definition) is 1. The van der Waals surface area contributed by atoms with Gasteiger partial charge in [0.25, 0.3) is 5.91 Å². The number of amides is 1. The first kappa shape index (κ1) is 19.6. The van der Waals surface area contributed by atoms with Crippen molar-refractivity contribution in [2.45, 2.75) is 33.1 Å². The van der Waals surface area contributed by atoms with Crippen LogP contribution in [0, 0.1) is 0 Å². The van der Waals surface area contributed by atoms with Crippen LogP contribution in [0.3, 0.4) is 0 Å². The molecule has 140 valence electrons. The van der Waals surface area contributed by atoms with Gasteiger partial charge >= 0.3 is 0 Å². The Morgan fingerprint density at radius 1 is 0.808 bits per heavy atom. The lowest BCUT2D eigenvalue weighted by atomic mass is 10.3. The van der Waals surface area contributed by atoms with E-state index in [1.165, 1.54) is 12.8 Å². The summed E-state index contributed by atoms with van der Waals surface area (Å²) < 4.78 is 16.5. The van der Waals surface area contributed by atoms with E-state index >= 15 is 0 Å². The molecule has 5 nitrogen and oxygen atoms in total. The van der Waals surface area contributed by atoms with Gasteiger partial charge in [-0.25, -0.2) is 0 Å². The molecule has 0 heterocycles. The first-order valence-electron chi connectivity index (χ1n) is 9.09. The van der Waals surface area contributed by atoms with Crippen LogP contribution in [0.25, 0.3) is 0 Å². The van der Waals surface area contributed by atoms with Crippen LogP contribution in [0.2, 0.25) is 0 Å². The molecule has 0 aliphatic rings. The van der Waals surface area contributed by atoms with E-state index in [1.54, 1.807) is 24.3 Å². The van der Waals surface area contributed by atoms with E-state index in [0.29, 0.717) is 18.0 Å². The molecule has 0 saturated carbocycles. The quantitative estimate of drug-likeness (QED) is 0.594. The fourth-order valence-electron chi connectivity index (χ4n) is 2.32. The maximum Gasteiger partial charge on any atom is 0.262 e. The molecular weight excluding hydrogens is 330 g/mol. The summed E-state index contributed by atoms with van der Waals surface area (Å²) in [6, 6.07) is 14.6. The SMILES string of the molecule is CCCCCOc1ccc(OCC(=O)Nc2ccc(OCC)cc2)cc1. The van der Waals surface area contributed by atoms with Gasteiger partial charge in [-0.3, -0.25) is 4.79 Å². The molecule has 0 bridgehead atoms. The van der Waals surface area contributed by atoms with Crippen LogP contribution < -0.4 is 19.5 Å². The summed E-state index contributed by atoms with van der Waals surface area (Å²) in [6.07, 6.45) is 3.40. The molecule has 0 aromatic heterocycles. The van der Waals surface area contributed by atoms with Crippen LogP contribution in [0.1, 0.15) is 33.1 Å². The summed E-state index contributed by atoms with van der Waals surface area (Å²) in [5.74, 6) is 2.01. The van der Waals surface area contributed by atoms with E-state index in [2.05, 4.69) is 12.2 Å². The first-order chi connectivity index (χ1) is 12.7. The second-order valence-electron chi connectivity index (χ2n) is 5.82. The van der Waals surface area contributed by atoms with Gasteiger partial charge < -0.3 is 19.5 Å². The fraction of sp³-hybridized carbons (Fsp3) is 0.381. The highest BCUT2D eigenvalue weighted by Gasteiger charge is 2.04. The predicted molar refractivity (Wildman–Crippen MR) is 103 cm³/mol. The Morgan fingerprint density at radius 3 is 2.00 bits per heavy atom. The second-order valence-corrected chi connectivity index (χ2v) is 5.82. The van der Waals surface area contributed by atoms with Crippen molar-refractivity contribution >= 4 is 11.6 Å². The minimum absolute atomic E-state index is 0.0517. The average Bonchev–Trinajstić information content (AvgIpc) is 2.66. The number of carbonyl (C=O) groups excluding carboxylic acids is 1. The van der Waals surface area contributed by atoms with Crippen molar-refractivity contribution in [1.82, 2.24) is 0 Å². The van der Waals surface area contributed by atoms with Crippen molar-refractivity contribution < 1.29 is 19.0 Å². The summed E-state index contributed by atoms with van der Waals surface area (Å²) in [5, 5.41) is 2.79. The van der Waals surface area contributed by atoms with Gasteiger partial charge in [-0.1, -0.05) is 19.8 Å². The molecule has 0 saturated heterocycles. The molecule has 2 aromatic carbocycles. The lowest BCUT2D eigenvalue weighted by molar-refractivity contribution is -0.118. The highest BCUT2D eigenvalue weighted by molar-refractivity contribution is 5.91. The van der Waals surface area contributed by atoms with Crippen molar-refractivity contribution in [2.75, 3.05) is 25.1 Å². The number of ether oxygens (including phenoxy) is 3. The molecule has 1 amide bonds. The van der Waals surface area contributed by atoms with Gasteiger partial charge in [0, 0.05) is 5.69 Å². The Kier molecular flexibility index (Phi) is 8.33. The maximum absolute atomic E-state index is 12.0. The molecule has 2 aromatic rings. The number of benzene rings is 2. The molecule has 0 radical (unpaired) electrons. The van der Waals surface area contributed by atoms with Crippen LogP contribution in [0.15, 0.2) is 48.5 Å². The summed E-state index contributed by atoms with van der Waals surface area (Å²) in [5.41, 5.74) is 0.706. The summed E-state index contributed by atoms with van der Waals surface area (Å²) in [7, 11) is 0. The minimum atomic E-state index is -0.214. The van der Waals surface area contributed by atoms with Crippen molar-refractivity contribution in [1.29, 1.82) is 0 Å². The summed E-state index contributed by atoms with van der Waals surface area (Å²) >= 11 is 0. The van der Waals surface area contributed by atoms with Gasteiger partial charge in [0.05, 0.1) is 13.2 Å². The normalized spacial score (nSPS) is 10.2. The molecule has 2 rings (SSSR count). The van der Waals surface area contributed by atoms with Crippen LogP contribution in [0.4, 0.5) is 5.69 Å². The van der Waals surface area contributed by atoms with Crippen LogP contribution >= 0.6 is 0 Å². The third-order valence-corrected chi connectivity index (χ3v) is 3.66. The van der Waals surface area contributed by atoms with E-state index in [9.17, 15) is 4.79 Å². The minimum Gasteiger partial charge on any atom is -0.494 e. The predicted octanol–water partition coefficient (Wildman–Crippen LogP) is 4.67. The van der Waals surface area contributed by atoms with Gasteiger partial charge in [-0.05, 0) is 61.9 Å². The first-order valence-corrected chi connectivity index (χ1v) is 9.09. The van der Waals surface area contributed by atoms with Gasteiger partial charge in [0.2, 0.25) is 0 Å². The third kappa shape index (κ3) is 7.05. The van der Waals surface area contributed by atoms with E-state index < -0.39 is 0 Å². The maximum atomic E-state index is 12.0. The van der Waals surface area contributed by atoms with Crippen molar-refractivity contribution in [2.24, 2.45) is 0 Å². The number of rotatable bonds is 11. The molecule has 0 unspecified atom stereocenters. The fourth-order valence-corrected chi connectivity index (χ4v) is 2.32. The Morgan fingerprint density at radius 2 is 1.38 bits per heavy atom. The lowest BCUT2D eigenvalue weighted by Crippen LogP contribution is -2.20. The van der Waals surface area contributed by atoms with Gasteiger partial charge in [0.1, 0.15) is 17.2 Å². The third-order valence-electron chi connectivity index (χ3n) is 3.66. The van der Waals surface area contributed by atoms with Crippen molar-refractivity contribution in [3.8, 4) is 17.2 Å². The molecule has 0 fully saturated rings. The number of carbonyl (C=O) groups is 1. The molecule has 5 heteroatoms. The highest BCUT2D eigenvalue weighted by Crippen LogP contribution is 2.18. The standard InChI is InChI=1S/C21H27NO4/c1-3-5-6-15-25-19-11-13-20(14-12-19)26-16-21(23)22-17-7-9-18(10-8-17)24-4-2/h7-14H,3-6,15-16H2,1-2H3,(H,22,23). The summed E-state index contributed by atoms with van der Waals surface area (Å²) in [4.78, 5) is 12.0. The molecule has 1 N–H and O–H groups in total. The largest absolute Gasteiger partial charge is 0.494 e. The van der Waals surface area contributed by atoms with Gasteiger partial charge in [0.15, 0.2) is 6.61 Å². The molecule has 0 aliphatic heterocycles. The lowest BCUT2D eigenvalue weighted by Gasteiger charge is -2.10. The monoisotopic (exact) mass is 357 g/mol. The molecule has 26 heavy (non-hydrogen) atoms. The van der Waals surface area contributed by atoms with E-state index in [4.69, 9.17) is 14.2 Å². The summed E-state index contributed by atoms with van der Waals surface area (Å²) in [6.45, 7) is 5.38. The highest BCUT2D eigenvalue weighted by atomic mass is 16.5. The Bertz CT molecular complexity index is 653. The smallest absolute Gasteiger partial charge is 0.262 e. The van der Waals surface area contributed by atoms with Crippen LogP contribution in [-0.2, 0) is 4.79 Å². The molecule has 0 spiro atoms. The van der Waals surface area contributed by atoms with Gasteiger partial charge in [-0.15, -0.1) is 0 Å². The topological polar surface area (TPSA) is 56.8 Å². The Balaban J connectivity index is 1.72. The molecule has 0 atom stereocenters. The Hall–Kier alpha value is -2.69. The van der Waals surface area contributed by atoms with E-state index in [-0.39, 0.29) is 12.5 Å². The van der Waals surface area contributed by atoms with E-state index in [1.807, 2.05) is 31.2 Å². The average molecular weight is 357 g/mol. The van der Waals surface area contributed by atoms with Crippen molar-refractivity contribution in [3.05, 3.63) is 48.5 Å². The zero-order valence-corrected chi connectivity index (χ0v) is 15.5. The number of unbranched alkanes of at least 4 members (excludes halogenated alkanes) is 2. The molecular formula is C21H27NO4. The number of anilines is 1. The zero-order chi connectivity index (χ0) is 18.6. The number of nitrogens with one attached hydrogen (secondary N) is 1. The Labute approximate surface area is 155 Å². The second kappa shape index (κ2) is 11.0. The van der Waals surface area contributed by atoms with Crippen LogP contribution in [-0.4, -0.2) is 25.7 Å². The van der Waals surface area contributed by atoms with Gasteiger partial charge in [-0.2, -0.15) is 0 Å². The van der Waals surface area contributed by atoms with Crippen LogP contribution in [0.5, 0.6) is 17.2 Å².